The molecule has 26 heavy (non-hydrogen) atoms. The summed E-state index contributed by atoms with van der Waals surface area (Å²) in [7, 11) is -2.10. The molecule has 0 fully saturated rings. The van der Waals surface area contributed by atoms with Crippen LogP contribution in [0.15, 0.2) is 47.4 Å². The summed E-state index contributed by atoms with van der Waals surface area (Å²) < 4.78 is 28.6. The second kappa shape index (κ2) is 6.85. The van der Waals surface area contributed by atoms with Crippen molar-refractivity contribution < 1.29 is 22.7 Å². The van der Waals surface area contributed by atoms with Crippen LogP contribution in [-0.2, 0) is 14.6 Å². The standard InChI is InChI=1S/C17H14N2O5S2/c1-24-16(21)11-6-7-13-14(9-11)25-17(18-13)19-15(20)10-4-3-5-12(8-10)26(2,22)23/h3-9H,1-2H3,(H,18,19,20). The van der Waals surface area contributed by atoms with E-state index in [4.69, 9.17) is 0 Å². The minimum absolute atomic E-state index is 0.0668. The number of aromatic nitrogens is 1. The van der Waals surface area contributed by atoms with Gasteiger partial charge in [0.05, 0.1) is 27.8 Å². The Bertz CT molecular complexity index is 1120. The number of sulfone groups is 1. The van der Waals surface area contributed by atoms with Crippen molar-refractivity contribution in [1.29, 1.82) is 0 Å². The molecule has 1 heterocycles. The fourth-order valence-corrected chi connectivity index (χ4v) is 3.83. The van der Waals surface area contributed by atoms with Crippen molar-refractivity contribution in [3.8, 4) is 0 Å². The lowest BCUT2D eigenvalue weighted by Gasteiger charge is -2.03. The molecule has 9 heteroatoms. The average molecular weight is 390 g/mol. The minimum Gasteiger partial charge on any atom is -0.465 e. The van der Waals surface area contributed by atoms with Crippen molar-refractivity contribution >= 4 is 48.4 Å². The summed E-state index contributed by atoms with van der Waals surface area (Å²) in [6.45, 7) is 0. The van der Waals surface area contributed by atoms with Gasteiger partial charge in [-0.15, -0.1) is 0 Å². The molecule has 1 amide bonds. The summed E-state index contributed by atoms with van der Waals surface area (Å²) in [5.41, 5.74) is 1.23. The Morgan fingerprint density at radius 1 is 1.12 bits per heavy atom. The molecule has 0 bridgehead atoms. The van der Waals surface area contributed by atoms with Crippen LogP contribution in [0.5, 0.6) is 0 Å². The normalized spacial score (nSPS) is 11.3. The van der Waals surface area contributed by atoms with E-state index in [0.29, 0.717) is 20.9 Å². The second-order valence-corrected chi connectivity index (χ2v) is 8.49. The lowest BCUT2D eigenvalue weighted by atomic mass is 10.2. The Kier molecular flexibility index (Phi) is 4.75. The molecule has 0 aliphatic heterocycles. The molecule has 1 aromatic heterocycles. The highest BCUT2D eigenvalue weighted by molar-refractivity contribution is 7.90. The van der Waals surface area contributed by atoms with Crippen LogP contribution in [0.25, 0.3) is 10.2 Å². The molecule has 134 valence electrons. The number of benzene rings is 2. The summed E-state index contributed by atoms with van der Waals surface area (Å²) in [4.78, 5) is 28.3. The van der Waals surface area contributed by atoms with Gasteiger partial charge >= 0.3 is 5.97 Å². The molecule has 0 spiro atoms. The number of nitrogens with one attached hydrogen (secondary N) is 1. The molecule has 1 N–H and O–H groups in total. The highest BCUT2D eigenvalue weighted by Gasteiger charge is 2.14. The van der Waals surface area contributed by atoms with E-state index in [-0.39, 0.29) is 10.5 Å². The maximum Gasteiger partial charge on any atom is 0.337 e. The number of esters is 1. The number of nitrogens with zero attached hydrogens (tertiary/aromatic N) is 1. The number of rotatable bonds is 4. The molecule has 7 nitrogen and oxygen atoms in total. The maximum absolute atomic E-state index is 12.4. The highest BCUT2D eigenvalue weighted by Crippen LogP contribution is 2.27. The van der Waals surface area contributed by atoms with E-state index in [2.05, 4.69) is 15.0 Å². The number of anilines is 1. The second-order valence-electron chi connectivity index (χ2n) is 5.45. The van der Waals surface area contributed by atoms with Gasteiger partial charge in [0.25, 0.3) is 5.91 Å². The third kappa shape index (κ3) is 3.73. The molecule has 3 aromatic rings. The van der Waals surface area contributed by atoms with Gasteiger partial charge in [-0.25, -0.2) is 18.2 Å². The van der Waals surface area contributed by atoms with Gasteiger partial charge in [0.15, 0.2) is 15.0 Å². The SMILES string of the molecule is COC(=O)c1ccc2nc(NC(=O)c3cccc(S(C)(=O)=O)c3)sc2c1. The van der Waals surface area contributed by atoms with Gasteiger partial charge in [0.1, 0.15) is 0 Å². The first-order valence-corrected chi connectivity index (χ1v) is 10.1. The van der Waals surface area contributed by atoms with Gasteiger partial charge in [-0.2, -0.15) is 0 Å². The van der Waals surface area contributed by atoms with E-state index >= 15 is 0 Å². The lowest BCUT2D eigenvalue weighted by molar-refractivity contribution is 0.0601. The smallest absolute Gasteiger partial charge is 0.337 e. The third-order valence-corrected chi connectivity index (χ3v) is 5.60. The number of hydrogen-bond acceptors (Lipinski definition) is 7. The Balaban J connectivity index is 1.87. The molecule has 2 aromatic carbocycles. The molecule has 0 unspecified atom stereocenters. The number of ether oxygens (including phenoxy) is 1. The van der Waals surface area contributed by atoms with Gasteiger partial charge in [-0.05, 0) is 36.4 Å². The van der Waals surface area contributed by atoms with Crippen molar-refractivity contribution in [2.24, 2.45) is 0 Å². The molecule has 0 aliphatic rings. The number of hydrogen-bond donors (Lipinski definition) is 1. The van der Waals surface area contributed by atoms with Crippen LogP contribution in [0, 0.1) is 0 Å². The van der Waals surface area contributed by atoms with Crippen LogP contribution in [0.2, 0.25) is 0 Å². The minimum atomic E-state index is -3.40. The Morgan fingerprint density at radius 3 is 2.58 bits per heavy atom. The van der Waals surface area contributed by atoms with Crippen molar-refractivity contribution in [3.05, 3.63) is 53.6 Å². The van der Waals surface area contributed by atoms with E-state index in [1.165, 1.54) is 42.7 Å². The molecule has 0 atom stereocenters. The zero-order valence-corrected chi connectivity index (χ0v) is 15.5. The zero-order chi connectivity index (χ0) is 18.9. The maximum atomic E-state index is 12.4. The van der Waals surface area contributed by atoms with Crippen molar-refractivity contribution in [2.45, 2.75) is 4.90 Å². The number of carbonyl (C=O) groups is 2. The van der Waals surface area contributed by atoms with Crippen molar-refractivity contribution in [1.82, 2.24) is 4.98 Å². The number of carbonyl (C=O) groups excluding carboxylic acids is 2. The highest BCUT2D eigenvalue weighted by atomic mass is 32.2. The molecular weight excluding hydrogens is 376 g/mol. The van der Waals surface area contributed by atoms with Crippen LogP contribution in [0.4, 0.5) is 5.13 Å². The summed E-state index contributed by atoms with van der Waals surface area (Å²) in [6, 6.07) is 10.7. The van der Waals surface area contributed by atoms with Crippen LogP contribution in [-0.4, -0.2) is 38.6 Å². The number of methoxy groups -OCH3 is 1. The fraction of sp³-hybridized carbons (Fsp3) is 0.118. The Hall–Kier alpha value is -2.78. The lowest BCUT2D eigenvalue weighted by Crippen LogP contribution is -2.12. The van der Waals surface area contributed by atoms with Crippen LogP contribution < -0.4 is 5.32 Å². The molecule has 3 rings (SSSR count). The van der Waals surface area contributed by atoms with Crippen molar-refractivity contribution in [3.63, 3.8) is 0 Å². The predicted octanol–water partition coefficient (Wildman–Crippen LogP) is 2.74. The Morgan fingerprint density at radius 2 is 1.88 bits per heavy atom. The predicted molar refractivity (Wildman–Crippen MR) is 98.5 cm³/mol. The van der Waals surface area contributed by atoms with Crippen LogP contribution >= 0.6 is 11.3 Å². The summed E-state index contributed by atoms with van der Waals surface area (Å²) in [5.74, 6) is -0.925. The van der Waals surface area contributed by atoms with E-state index in [0.717, 1.165) is 6.26 Å². The quantitative estimate of drug-likeness (QED) is 0.687. The van der Waals surface area contributed by atoms with Gasteiger partial charge in [0, 0.05) is 11.8 Å². The zero-order valence-electron chi connectivity index (χ0n) is 13.8. The number of fused-ring (bicyclic) bond motifs is 1. The largest absolute Gasteiger partial charge is 0.465 e. The molecule has 0 saturated carbocycles. The summed E-state index contributed by atoms with van der Waals surface area (Å²) in [5, 5.41) is 2.99. The first-order valence-electron chi connectivity index (χ1n) is 7.38. The van der Waals surface area contributed by atoms with E-state index in [9.17, 15) is 18.0 Å². The van der Waals surface area contributed by atoms with Gasteiger partial charge < -0.3 is 4.74 Å². The first kappa shape index (κ1) is 18.0. The van der Waals surface area contributed by atoms with Gasteiger partial charge in [-0.3, -0.25) is 10.1 Å². The Labute approximate surface area is 153 Å². The molecule has 0 saturated heterocycles. The van der Waals surface area contributed by atoms with Crippen molar-refractivity contribution in [2.75, 3.05) is 18.7 Å². The number of thiazole rings is 1. The molecule has 0 radical (unpaired) electrons. The molecular formula is C17H14N2O5S2. The number of amides is 1. The van der Waals surface area contributed by atoms with Gasteiger partial charge in [0.2, 0.25) is 0 Å². The van der Waals surface area contributed by atoms with E-state index in [1.54, 1.807) is 18.2 Å². The van der Waals surface area contributed by atoms with Crippen LogP contribution in [0.1, 0.15) is 20.7 Å². The monoisotopic (exact) mass is 390 g/mol. The fourth-order valence-electron chi connectivity index (χ4n) is 2.26. The third-order valence-electron chi connectivity index (χ3n) is 3.55. The summed E-state index contributed by atoms with van der Waals surface area (Å²) >= 11 is 1.20. The first-order chi connectivity index (χ1) is 12.3. The van der Waals surface area contributed by atoms with Gasteiger partial charge in [-0.1, -0.05) is 17.4 Å². The van der Waals surface area contributed by atoms with E-state index in [1.807, 2.05) is 0 Å². The molecule has 0 aliphatic carbocycles. The summed E-state index contributed by atoms with van der Waals surface area (Å²) in [6.07, 6.45) is 1.08. The van der Waals surface area contributed by atoms with Crippen LogP contribution in [0.3, 0.4) is 0 Å². The average Bonchev–Trinajstić information content (AvgIpc) is 3.01. The van der Waals surface area contributed by atoms with E-state index < -0.39 is 21.7 Å². The topological polar surface area (TPSA) is 102 Å².